The highest BCUT2D eigenvalue weighted by Gasteiger charge is 2.20. The average molecular weight is 376 g/mol. The number of phenols is 1. The van der Waals surface area contributed by atoms with Crippen LogP contribution in [-0.2, 0) is 10.0 Å². The third kappa shape index (κ3) is 6.26. The normalized spacial score (nSPS) is 11.3. The summed E-state index contributed by atoms with van der Waals surface area (Å²) in [6, 6.07) is 13.4. The van der Waals surface area contributed by atoms with Crippen molar-refractivity contribution in [1.29, 1.82) is 0 Å². The highest BCUT2D eigenvalue weighted by atomic mass is 32.2. The fourth-order valence-electron chi connectivity index (χ4n) is 2.56. The molecule has 6 heteroatoms. The molecule has 1 radical (unpaired) electrons. The lowest BCUT2D eigenvalue weighted by Gasteiger charge is -2.14. The largest absolute Gasteiger partial charge is 0.508 e. The van der Waals surface area contributed by atoms with Crippen molar-refractivity contribution in [2.75, 3.05) is 11.3 Å². The van der Waals surface area contributed by atoms with Gasteiger partial charge in [0.1, 0.15) is 16.4 Å². The summed E-state index contributed by atoms with van der Waals surface area (Å²) in [5.41, 5.74) is 0.425. The molecule has 0 amide bonds. The molecule has 0 atom stereocenters. The van der Waals surface area contributed by atoms with E-state index >= 15 is 0 Å². The van der Waals surface area contributed by atoms with Crippen LogP contribution in [0.3, 0.4) is 0 Å². The Balaban J connectivity index is 2.02. The van der Waals surface area contributed by atoms with Crippen LogP contribution in [0.2, 0.25) is 0 Å². The molecular formula is C20H26NO4S. The van der Waals surface area contributed by atoms with Crippen LogP contribution in [0.1, 0.15) is 45.4 Å². The quantitative estimate of drug-likeness (QED) is 0.556. The number of unbranched alkanes of at least 4 members (excludes halogenated alkanes) is 5. The molecule has 5 nitrogen and oxygen atoms in total. The van der Waals surface area contributed by atoms with Crippen LogP contribution in [-0.4, -0.2) is 20.1 Å². The minimum absolute atomic E-state index is 0.0729. The van der Waals surface area contributed by atoms with E-state index in [2.05, 4.69) is 17.7 Å². The maximum Gasteiger partial charge on any atom is 0.265 e. The van der Waals surface area contributed by atoms with Crippen LogP contribution in [0.5, 0.6) is 11.5 Å². The van der Waals surface area contributed by atoms with E-state index in [1.807, 2.05) is 0 Å². The second kappa shape index (κ2) is 10.1. The zero-order chi connectivity index (χ0) is 18.8. The van der Waals surface area contributed by atoms with Gasteiger partial charge in [0, 0.05) is 11.8 Å². The van der Waals surface area contributed by atoms with Crippen molar-refractivity contribution in [2.45, 2.75) is 50.3 Å². The van der Waals surface area contributed by atoms with Gasteiger partial charge in [-0.15, -0.1) is 0 Å². The van der Waals surface area contributed by atoms with Crippen LogP contribution in [0.4, 0.5) is 5.69 Å². The monoisotopic (exact) mass is 376 g/mol. The van der Waals surface area contributed by atoms with E-state index in [1.54, 1.807) is 24.3 Å². The Kier molecular flexibility index (Phi) is 7.78. The van der Waals surface area contributed by atoms with Crippen LogP contribution in [0, 0.1) is 6.07 Å². The SMILES string of the molecule is CCCCCCCCOc1ccc(O)cc1S(=O)(=O)Nc1cc[c]cc1. The predicted molar refractivity (Wildman–Crippen MR) is 103 cm³/mol. The molecule has 0 heterocycles. The van der Waals surface area contributed by atoms with Crippen molar-refractivity contribution in [3.63, 3.8) is 0 Å². The van der Waals surface area contributed by atoms with Crippen LogP contribution in [0.25, 0.3) is 0 Å². The summed E-state index contributed by atoms with van der Waals surface area (Å²) in [4.78, 5) is -0.0729. The van der Waals surface area contributed by atoms with Gasteiger partial charge in [-0.1, -0.05) is 51.2 Å². The standard InChI is InChI=1S/C20H26NO4S/c1-2-3-4-5-6-10-15-25-19-14-13-18(22)16-20(19)26(23,24)21-17-11-8-7-9-12-17/h8-9,11-14,16,21-22H,2-6,10,15H2,1H3. The third-order valence-electron chi connectivity index (χ3n) is 3.94. The minimum Gasteiger partial charge on any atom is -0.508 e. The molecule has 0 aromatic heterocycles. The molecule has 141 valence electrons. The first kappa shape index (κ1) is 20.1. The summed E-state index contributed by atoms with van der Waals surface area (Å²) in [7, 11) is -3.87. The zero-order valence-electron chi connectivity index (χ0n) is 15.1. The van der Waals surface area contributed by atoms with Gasteiger partial charge in [0.15, 0.2) is 0 Å². The van der Waals surface area contributed by atoms with Crippen molar-refractivity contribution in [3.05, 3.63) is 48.5 Å². The van der Waals surface area contributed by atoms with Crippen molar-refractivity contribution in [1.82, 2.24) is 0 Å². The summed E-state index contributed by atoms with van der Waals surface area (Å²) >= 11 is 0. The summed E-state index contributed by atoms with van der Waals surface area (Å²) in [5, 5.41) is 9.71. The summed E-state index contributed by atoms with van der Waals surface area (Å²) in [5.74, 6) is 0.116. The minimum atomic E-state index is -3.87. The molecule has 0 fully saturated rings. The number of phenolic OH excluding ortho intramolecular Hbond substituents is 1. The van der Waals surface area contributed by atoms with Crippen molar-refractivity contribution < 1.29 is 18.3 Å². The average Bonchev–Trinajstić information content (AvgIpc) is 2.62. The van der Waals surface area contributed by atoms with Gasteiger partial charge in [0.25, 0.3) is 10.0 Å². The first-order valence-electron chi connectivity index (χ1n) is 8.97. The van der Waals surface area contributed by atoms with Gasteiger partial charge in [-0.3, -0.25) is 4.72 Å². The van der Waals surface area contributed by atoms with E-state index in [9.17, 15) is 13.5 Å². The number of ether oxygens (including phenoxy) is 1. The number of hydrogen-bond acceptors (Lipinski definition) is 4. The molecule has 0 saturated heterocycles. The van der Waals surface area contributed by atoms with Crippen LogP contribution < -0.4 is 9.46 Å². The highest BCUT2D eigenvalue weighted by molar-refractivity contribution is 7.92. The van der Waals surface area contributed by atoms with Crippen LogP contribution in [0.15, 0.2) is 47.4 Å². The van der Waals surface area contributed by atoms with E-state index in [-0.39, 0.29) is 16.4 Å². The lowest BCUT2D eigenvalue weighted by molar-refractivity contribution is 0.296. The topological polar surface area (TPSA) is 75.6 Å². The molecule has 26 heavy (non-hydrogen) atoms. The fourth-order valence-corrected chi connectivity index (χ4v) is 3.78. The summed E-state index contributed by atoms with van der Waals surface area (Å²) < 4.78 is 33.5. The van der Waals surface area contributed by atoms with E-state index in [4.69, 9.17) is 4.74 Å². The smallest absolute Gasteiger partial charge is 0.265 e. The van der Waals surface area contributed by atoms with E-state index < -0.39 is 10.0 Å². The van der Waals surface area contributed by atoms with E-state index in [1.165, 1.54) is 37.5 Å². The highest BCUT2D eigenvalue weighted by Crippen LogP contribution is 2.29. The van der Waals surface area contributed by atoms with Gasteiger partial charge >= 0.3 is 0 Å². The molecule has 0 bridgehead atoms. The van der Waals surface area contributed by atoms with Crippen LogP contribution >= 0.6 is 0 Å². The molecule has 2 aromatic carbocycles. The number of anilines is 1. The first-order valence-corrected chi connectivity index (χ1v) is 10.5. The van der Waals surface area contributed by atoms with Crippen molar-refractivity contribution >= 4 is 15.7 Å². The van der Waals surface area contributed by atoms with Gasteiger partial charge in [0.2, 0.25) is 0 Å². The number of benzene rings is 2. The van der Waals surface area contributed by atoms with Crippen molar-refractivity contribution in [3.8, 4) is 11.5 Å². The Morgan fingerprint density at radius 3 is 2.46 bits per heavy atom. The lowest BCUT2D eigenvalue weighted by Crippen LogP contribution is -2.14. The number of sulfonamides is 1. The van der Waals surface area contributed by atoms with Gasteiger partial charge in [-0.2, -0.15) is 0 Å². The fraction of sp³-hybridized carbons (Fsp3) is 0.400. The lowest BCUT2D eigenvalue weighted by atomic mass is 10.1. The molecular weight excluding hydrogens is 350 g/mol. The molecule has 2 aromatic rings. The number of hydrogen-bond donors (Lipinski definition) is 2. The molecule has 0 unspecified atom stereocenters. The molecule has 0 saturated carbocycles. The maximum atomic E-state index is 12.7. The molecule has 0 aliphatic carbocycles. The first-order chi connectivity index (χ1) is 12.5. The Hall–Kier alpha value is -2.21. The van der Waals surface area contributed by atoms with E-state index in [0.29, 0.717) is 12.3 Å². The third-order valence-corrected chi connectivity index (χ3v) is 5.35. The molecule has 0 aliphatic heterocycles. The zero-order valence-corrected chi connectivity index (χ0v) is 15.9. The van der Waals surface area contributed by atoms with Gasteiger partial charge in [-0.25, -0.2) is 8.42 Å². The Morgan fingerprint density at radius 1 is 1.04 bits per heavy atom. The number of aromatic hydroxyl groups is 1. The second-order valence-corrected chi connectivity index (χ2v) is 7.79. The number of nitrogens with one attached hydrogen (secondary N) is 1. The summed E-state index contributed by atoms with van der Waals surface area (Å²) in [6.07, 6.45) is 6.74. The van der Waals surface area contributed by atoms with Gasteiger partial charge < -0.3 is 9.84 Å². The molecule has 0 spiro atoms. The molecule has 0 aliphatic rings. The predicted octanol–water partition coefficient (Wildman–Crippen LogP) is 4.73. The Bertz CT molecular complexity index is 776. The second-order valence-electron chi connectivity index (χ2n) is 6.14. The summed E-state index contributed by atoms with van der Waals surface area (Å²) in [6.45, 7) is 2.62. The Morgan fingerprint density at radius 2 is 1.73 bits per heavy atom. The maximum absolute atomic E-state index is 12.7. The van der Waals surface area contributed by atoms with Gasteiger partial charge in [-0.05, 0) is 36.8 Å². The van der Waals surface area contributed by atoms with E-state index in [0.717, 1.165) is 19.3 Å². The molecule has 2 rings (SSSR count). The van der Waals surface area contributed by atoms with Crippen molar-refractivity contribution in [2.24, 2.45) is 0 Å². The van der Waals surface area contributed by atoms with Gasteiger partial charge in [0.05, 0.1) is 6.61 Å². The Labute approximate surface area is 156 Å². The molecule has 2 N–H and O–H groups in total. The number of rotatable bonds is 11.